The second-order valence-corrected chi connectivity index (χ2v) is 9.92. The molecule has 0 spiro atoms. The summed E-state index contributed by atoms with van der Waals surface area (Å²) in [6, 6.07) is 12.3. The first-order valence-corrected chi connectivity index (χ1v) is 12.7. The highest BCUT2D eigenvalue weighted by atomic mass is 32.2. The lowest BCUT2D eigenvalue weighted by Crippen LogP contribution is -2.20. The molecule has 0 bridgehead atoms. The summed E-state index contributed by atoms with van der Waals surface area (Å²) < 4.78 is 37.4. The number of carbonyl (C=O) groups excluding carboxylic acids is 1. The summed E-state index contributed by atoms with van der Waals surface area (Å²) in [6.45, 7) is 5.99. The molecule has 166 valence electrons. The Kier molecular flexibility index (Phi) is 7.64. The summed E-state index contributed by atoms with van der Waals surface area (Å²) in [5, 5.41) is 0. The lowest BCUT2D eigenvalue weighted by molar-refractivity contribution is -0.117. The van der Waals surface area contributed by atoms with Crippen molar-refractivity contribution in [1.82, 2.24) is 4.57 Å². The van der Waals surface area contributed by atoms with Gasteiger partial charge in [-0.2, -0.15) is 4.99 Å². The monoisotopic (exact) mass is 462 g/mol. The molecule has 9 heteroatoms. The third kappa shape index (κ3) is 6.03. The summed E-state index contributed by atoms with van der Waals surface area (Å²) in [7, 11) is -3.33. The molecule has 7 nitrogen and oxygen atoms in total. The van der Waals surface area contributed by atoms with Crippen LogP contribution in [-0.2, 0) is 32.3 Å². The summed E-state index contributed by atoms with van der Waals surface area (Å²) in [5.41, 5.74) is 1.67. The van der Waals surface area contributed by atoms with Gasteiger partial charge in [0.25, 0.3) is 5.91 Å². The number of hydrogen-bond donors (Lipinski definition) is 0. The second kappa shape index (κ2) is 10.2. The molecule has 0 fully saturated rings. The van der Waals surface area contributed by atoms with Crippen molar-refractivity contribution >= 4 is 37.3 Å². The molecule has 0 atom stereocenters. The van der Waals surface area contributed by atoms with Gasteiger partial charge >= 0.3 is 0 Å². The molecule has 1 amide bonds. The zero-order valence-corrected chi connectivity index (χ0v) is 19.5. The maximum atomic E-state index is 12.6. The minimum absolute atomic E-state index is 0.167. The molecule has 0 N–H and O–H groups in total. The van der Waals surface area contributed by atoms with Crippen LogP contribution in [0.2, 0.25) is 0 Å². The van der Waals surface area contributed by atoms with Crippen molar-refractivity contribution in [3.05, 3.63) is 52.8 Å². The van der Waals surface area contributed by atoms with E-state index in [4.69, 9.17) is 9.47 Å². The van der Waals surface area contributed by atoms with Gasteiger partial charge in [0.05, 0.1) is 34.7 Å². The van der Waals surface area contributed by atoms with Crippen LogP contribution in [0.5, 0.6) is 5.75 Å². The van der Waals surface area contributed by atoms with Gasteiger partial charge < -0.3 is 14.0 Å². The van der Waals surface area contributed by atoms with Crippen LogP contribution >= 0.6 is 11.3 Å². The SMILES string of the molecule is CCOCCn1c(=NC(=O)Cc2ccc(OCC)cc2)sc2cc(S(C)(=O)=O)ccc21. The van der Waals surface area contributed by atoms with E-state index < -0.39 is 9.84 Å². The number of benzene rings is 2. The minimum Gasteiger partial charge on any atom is -0.494 e. The molecule has 0 aliphatic rings. The van der Waals surface area contributed by atoms with Crippen LogP contribution < -0.4 is 9.54 Å². The molecular weight excluding hydrogens is 436 g/mol. The van der Waals surface area contributed by atoms with Crippen LogP contribution in [0.25, 0.3) is 10.2 Å². The average Bonchev–Trinajstić information content (AvgIpc) is 3.05. The van der Waals surface area contributed by atoms with E-state index in [-0.39, 0.29) is 17.2 Å². The molecule has 3 aromatic rings. The molecule has 3 rings (SSSR count). The third-order valence-corrected chi connectivity index (χ3v) is 6.71. The minimum atomic E-state index is -3.33. The van der Waals surface area contributed by atoms with Gasteiger partial charge in [0.2, 0.25) is 0 Å². The number of rotatable bonds is 9. The normalized spacial score (nSPS) is 12.4. The number of ether oxygens (including phenoxy) is 2. The van der Waals surface area contributed by atoms with Crippen LogP contribution in [0.4, 0.5) is 0 Å². The lowest BCUT2D eigenvalue weighted by atomic mass is 10.1. The topological polar surface area (TPSA) is 87.0 Å². The summed E-state index contributed by atoms with van der Waals surface area (Å²) in [6.07, 6.45) is 1.34. The Bertz CT molecular complexity index is 1230. The molecule has 1 aromatic heterocycles. The van der Waals surface area contributed by atoms with E-state index in [1.54, 1.807) is 18.2 Å². The van der Waals surface area contributed by atoms with Gasteiger partial charge in [-0.25, -0.2) is 8.42 Å². The first-order valence-electron chi connectivity index (χ1n) is 10.0. The summed E-state index contributed by atoms with van der Waals surface area (Å²) in [4.78, 5) is 17.7. The highest BCUT2D eigenvalue weighted by Gasteiger charge is 2.13. The quantitative estimate of drug-likeness (QED) is 0.456. The third-order valence-electron chi connectivity index (χ3n) is 4.56. The lowest BCUT2D eigenvalue weighted by Gasteiger charge is -2.06. The van der Waals surface area contributed by atoms with Crippen molar-refractivity contribution in [2.45, 2.75) is 31.7 Å². The maximum absolute atomic E-state index is 12.6. The van der Waals surface area contributed by atoms with Crippen LogP contribution in [-0.4, -0.2) is 45.0 Å². The molecule has 31 heavy (non-hydrogen) atoms. The molecule has 0 unspecified atom stereocenters. The first kappa shape index (κ1) is 23.2. The largest absolute Gasteiger partial charge is 0.494 e. The summed E-state index contributed by atoms with van der Waals surface area (Å²) in [5.74, 6) is 0.486. The van der Waals surface area contributed by atoms with Crippen molar-refractivity contribution in [2.24, 2.45) is 4.99 Å². The molecule has 2 aromatic carbocycles. The molecule has 1 heterocycles. The Morgan fingerprint density at radius 3 is 2.48 bits per heavy atom. The average molecular weight is 463 g/mol. The van der Waals surface area contributed by atoms with E-state index in [2.05, 4.69) is 4.99 Å². The first-order chi connectivity index (χ1) is 14.8. The number of nitrogens with zero attached hydrogens (tertiary/aromatic N) is 2. The standard InChI is InChI=1S/C22H26N2O5S2/c1-4-28-13-12-24-19-11-10-18(31(3,26)27)15-20(19)30-22(24)23-21(25)14-16-6-8-17(9-7-16)29-5-2/h6-11,15H,4-5,12-14H2,1-3H3. The predicted octanol–water partition coefficient (Wildman–Crippen LogP) is 3.21. The number of amides is 1. The second-order valence-electron chi connectivity index (χ2n) is 6.89. The van der Waals surface area contributed by atoms with E-state index in [0.29, 0.717) is 31.2 Å². The van der Waals surface area contributed by atoms with Gasteiger partial charge in [-0.1, -0.05) is 23.5 Å². The van der Waals surface area contributed by atoms with Crippen molar-refractivity contribution in [3.63, 3.8) is 0 Å². The summed E-state index contributed by atoms with van der Waals surface area (Å²) >= 11 is 1.30. The van der Waals surface area contributed by atoms with E-state index in [1.807, 2.05) is 42.7 Å². The predicted molar refractivity (Wildman–Crippen MR) is 121 cm³/mol. The molecule has 0 saturated carbocycles. The fraction of sp³-hybridized carbons (Fsp3) is 0.364. The van der Waals surface area contributed by atoms with E-state index >= 15 is 0 Å². The van der Waals surface area contributed by atoms with E-state index in [1.165, 1.54) is 17.6 Å². The van der Waals surface area contributed by atoms with Gasteiger partial charge in [-0.05, 0) is 49.7 Å². The Labute approximate surface area is 185 Å². The molecule has 0 aliphatic heterocycles. The number of carbonyl (C=O) groups is 1. The number of thiazole rings is 1. The van der Waals surface area contributed by atoms with Crippen molar-refractivity contribution in [2.75, 3.05) is 26.1 Å². The fourth-order valence-electron chi connectivity index (χ4n) is 3.08. The molecule has 0 aliphatic carbocycles. The van der Waals surface area contributed by atoms with Crippen LogP contribution in [0, 0.1) is 0 Å². The Morgan fingerprint density at radius 1 is 1.10 bits per heavy atom. The number of hydrogen-bond acceptors (Lipinski definition) is 6. The molecule has 0 saturated heterocycles. The van der Waals surface area contributed by atoms with Crippen molar-refractivity contribution < 1.29 is 22.7 Å². The number of aromatic nitrogens is 1. The maximum Gasteiger partial charge on any atom is 0.252 e. The Balaban J connectivity index is 1.94. The zero-order valence-electron chi connectivity index (χ0n) is 17.8. The Hall–Kier alpha value is -2.49. The molecule has 0 radical (unpaired) electrons. The van der Waals surface area contributed by atoms with Gasteiger partial charge in [0, 0.05) is 19.4 Å². The van der Waals surface area contributed by atoms with Gasteiger partial charge in [-0.15, -0.1) is 0 Å². The molecular formula is C22H26N2O5S2. The van der Waals surface area contributed by atoms with Gasteiger partial charge in [0.15, 0.2) is 14.6 Å². The van der Waals surface area contributed by atoms with E-state index in [0.717, 1.165) is 21.5 Å². The fourth-order valence-corrected chi connectivity index (χ4v) is 4.91. The zero-order chi connectivity index (χ0) is 22.4. The highest BCUT2D eigenvalue weighted by molar-refractivity contribution is 7.90. The van der Waals surface area contributed by atoms with Crippen LogP contribution in [0.15, 0.2) is 52.4 Å². The van der Waals surface area contributed by atoms with Crippen molar-refractivity contribution in [3.8, 4) is 5.75 Å². The number of fused-ring (bicyclic) bond motifs is 1. The van der Waals surface area contributed by atoms with E-state index in [9.17, 15) is 13.2 Å². The highest BCUT2D eigenvalue weighted by Crippen LogP contribution is 2.22. The Morgan fingerprint density at radius 2 is 1.84 bits per heavy atom. The number of sulfone groups is 1. The van der Waals surface area contributed by atoms with Crippen molar-refractivity contribution in [1.29, 1.82) is 0 Å². The van der Waals surface area contributed by atoms with Gasteiger partial charge in [-0.3, -0.25) is 4.79 Å². The van der Waals surface area contributed by atoms with Gasteiger partial charge in [0.1, 0.15) is 5.75 Å². The smallest absolute Gasteiger partial charge is 0.252 e. The van der Waals surface area contributed by atoms with Crippen LogP contribution in [0.3, 0.4) is 0 Å². The van der Waals surface area contributed by atoms with Crippen LogP contribution in [0.1, 0.15) is 19.4 Å².